The van der Waals surface area contributed by atoms with Gasteiger partial charge in [0, 0.05) is 5.92 Å². The second-order valence-corrected chi connectivity index (χ2v) is 4.03. The van der Waals surface area contributed by atoms with E-state index in [0.29, 0.717) is 18.1 Å². The number of rotatable bonds is 0. The Morgan fingerprint density at radius 3 is 3.31 bits per heavy atom. The number of fused-ring (bicyclic) bond motifs is 3. The molecule has 68 valence electrons. The summed E-state index contributed by atoms with van der Waals surface area (Å²) in [4.78, 5) is 0. The van der Waals surface area contributed by atoms with Gasteiger partial charge in [-0.2, -0.15) is 0 Å². The van der Waals surface area contributed by atoms with Gasteiger partial charge >= 0.3 is 0 Å². The van der Waals surface area contributed by atoms with Gasteiger partial charge in [0.05, 0.1) is 12.2 Å². The van der Waals surface area contributed by atoms with Crippen LogP contribution in [0.3, 0.4) is 0 Å². The third kappa shape index (κ3) is 1.11. The molecule has 1 heterocycles. The predicted molar refractivity (Wildman–Crippen MR) is 52.4 cm³/mol. The Bertz CT molecular complexity index is 298. The average Bonchev–Trinajstić information content (AvgIpc) is 2.56. The lowest BCUT2D eigenvalue weighted by Crippen LogP contribution is -2.16. The van der Waals surface area contributed by atoms with Crippen molar-refractivity contribution in [3.05, 3.63) is 36.0 Å². The van der Waals surface area contributed by atoms with Gasteiger partial charge < -0.3 is 4.74 Å². The summed E-state index contributed by atoms with van der Waals surface area (Å²) in [5, 5.41) is 0. The molecule has 0 bridgehead atoms. The zero-order valence-electron chi connectivity index (χ0n) is 7.65. The highest BCUT2D eigenvalue weighted by Gasteiger charge is 2.38. The summed E-state index contributed by atoms with van der Waals surface area (Å²) in [6.07, 6.45) is 15.5. The molecule has 0 N–H and O–H groups in total. The molecule has 1 heteroatoms. The fraction of sp³-hybridized carbons (Fsp3) is 0.500. The van der Waals surface area contributed by atoms with Crippen molar-refractivity contribution in [2.45, 2.75) is 31.5 Å². The summed E-state index contributed by atoms with van der Waals surface area (Å²) < 4.78 is 5.96. The Morgan fingerprint density at radius 1 is 1.31 bits per heavy atom. The SMILES string of the molecule is C1=CCC2OC3C=CCCC3C2=C1. The molecule has 3 rings (SSSR count). The van der Waals surface area contributed by atoms with Crippen LogP contribution in [0.5, 0.6) is 0 Å². The van der Waals surface area contributed by atoms with Crippen LogP contribution >= 0.6 is 0 Å². The number of allylic oxidation sites excluding steroid dienone is 3. The maximum absolute atomic E-state index is 5.96. The van der Waals surface area contributed by atoms with E-state index in [1.165, 1.54) is 18.4 Å². The van der Waals surface area contributed by atoms with Gasteiger partial charge in [-0.1, -0.05) is 30.4 Å². The van der Waals surface area contributed by atoms with E-state index >= 15 is 0 Å². The molecule has 13 heavy (non-hydrogen) atoms. The Kier molecular flexibility index (Phi) is 1.66. The number of hydrogen-bond donors (Lipinski definition) is 0. The second-order valence-electron chi connectivity index (χ2n) is 4.03. The molecule has 0 aromatic carbocycles. The van der Waals surface area contributed by atoms with Crippen LogP contribution in [0.25, 0.3) is 0 Å². The molecule has 3 unspecified atom stereocenters. The first kappa shape index (κ1) is 7.57. The van der Waals surface area contributed by atoms with Gasteiger partial charge in [0.1, 0.15) is 0 Å². The fourth-order valence-electron chi connectivity index (χ4n) is 2.61. The lowest BCUT2D eigenvalue weighted by molar-refractivity contribution is 0.0660. The minimum Gasteiger partial charge on any atom is -0.366 e. The van der Waals surface area contributed by atoms with Crippen molar-refractivity contribution in [1.29, 1.82) is 0 Å². The van der Waals surface area contributed by atoms with Gasteiger partial charge in [-0.25, -0.2) is 0 Å². The van der Waals surface area contributed by atoms with E-state index in [9.17, 15) is 0 Å². The van der Waals surface area contributed by atoms with Gasteiger partial charge in [0.25, 0.3) is 0 Å². The Balaban J connectivity index is 1.94. The highest BCUT2D eigenvalue weighted by molar-refractivity contribution is 5.31. The normalized spacial score (nSPS) is 41.2. The fourth-order valence-corrected chi connectivity index (χ4v) is 2.61. The molecule has 0 radical (unpaired) electrons. The van der Waals surface area contributed by atoms with Crippen molar-refractivity contribution in [3.63, 3.8) is 0 Å². The monoisotopic (exact) mass is 174 g/mol. The first-order chi connectivity index (χ1) is 6.45. The van der Waals surface area contributed by atoms with Crippen molar-refractivity contribution in [2.75, 3.05) is 0 Å². The first-order valence-corrected chi connectivity index (χ1v) is 5.14. The van der Waals surface area contributed by atoms with Crippen molar-refractivity contribution in [2.24, 2.45) is 5.92 Å². The van der Waals surface area contributed by atoms with Crippen molar-refractivity contribution < 1.29 is 4.74 Å². The van der Waals surface area contributed by atoms with Crippen LogP contribution in [-0.4, -0.2) is 12.2 Å². The maximum Gasteiger partial charge on any atom is 0.0834 e. The second kappa shape index (κ2) is 2.85. The third-order valence-electron chi connectivity index (χ3n) is 3.26. The molecule has 2 aliphatic carbocycles. The van der Waals surface area contributed by atoms with Crippen LogP contribution in [0.2, 0.25) is 0 Å². The van der Waals surface area contributed by atoms with Gasteiger partial charge in [-0.15, -0.1) is 0 Å². The van der Waals surface area contributed by atoms with Crippen LogP contribution in [0, 0.1) is 5.92 Å². The van der Waals surface area contributed by atoms with Crippen LogP contribution in [0.4, 0.5) is 0 Å². The highest BCUT2D eigenvalue weighted by Crippen LogP contribution is 2.40. The maximum atomic E-state index is 5.96. The highest BCUT2D eigenvalue weighted by atomic mass is 16.5. The summed E-state index contributed by atoms with van der Waals surface area (Å²) >= 11 is 0. The molecular formula is C12H14O. The molecule has 1 saturated heterocycles. The number of ether oxygens (including phenoxy) is 1. The van der Waals surface area contributed by atoms with E-state index in [4.69, 9.17) is 4.74 Å². The van der Waals surface area contributed by atoms with Crippen molar-refractivity contribution in [1.82, 2.24) is 0 Å². The zero-order chi connectivity index (χ0) is 8.67. The topological polar surface area (TPSA) is 9.23 Å². The molecular weight excluding hydrogens is 160 g/mol. The molecule has 1 nitrogen and oxygen atoms in total. The van der Waals surface area contributed by atoms with E-state index in [0.717, 1.165) is 6.42 Å². The summed E-state index contributed by atoms with van der Waals surface area (Å²) in [6.45, 7) is 0. The van der Waals surface area contributed by atoms with E-state index in [2.05, 4.69) is 30.4 Å². The summed E-state index contributed by atoms with van der Waals surface area (Å²) in [6, 6.07) is 0. The van der Waals surface area contributed by atoms with E-state index in [1.54, 1.807) is 0 Å². The average molecular weight is 174 g/mol. The van der Waals surface area contributed by atoms with Crippen molar-refractivity contribution in [3.8, 4) is 0 Å². The third-order valence-corrected chi connectivity index (χ3v) is 3.26. The lowest BCUT2D eigenvalue weighted by Gasteiger charge is -2.19. The van der Waals surface area contributed by atoms with E-state index in [-0.39, 0.29) is 0 Å². The standard InChI is InChI=1S/C12H14O/c1-3-7-11-9(5-1)10-6-2-4-8-12(10)13-11/h1,3-5,8,10-12H,2,6-7H2. The summed E-state index contributed by atoms with van der Waals surface area (Å²) in [5.41, 5.74) is 1.54. The van der Waals surface area contributed by atoms with Gasteiger partial charge in [0.2, 0.25) is 0 Å². The van der Waals surface area contributed by atoms with E-state index < -0.39 is 0 Å². The van der Waals surface area contributed by atoms with E-state index in [1.807, 2.05) is 0 Å². The lowest BCUT2D eigenvalue weighted by atomic mass is 9.84. The van der Waals surface area contributed by atoms with Crippen molar-refractivity contribution >= 4 is 0 Å². The molecule has 0 amide bonds. The van der Waals surface area contributed by atoms with Crippen LogP contribution < -0.4 is 0 Å². The van der Waals surface area contributed by atoms with Gasteiger partial charge in [-0.3, -0.25) is 0 Å². The molecule has 0 aromatic rings. The summed E-state index contributed by atoms with van der Waals surface area (Å²) in [7, 11) is 0. The molecule has 3 aliphatic rings. The molecule has 1 fully saturated rings. The largest absolute Gasteiger partial charge is 0.366 e. The smallest absolute Gasteiger partial charge is 0.0834 e. The van der Waals surface area contributed by atoms with Gasteiger partial charge in [0.15, 0.2) is 0 Å². The molecule has 1 aliphatic heterocycles. The minimum absolute atomic E-state index is 0.380. The molecule has 0 aromatic heterocycles. The molecule has 3 atom stereocenters. The van der Waals surface area contributed by atoms with Gasteiger partial charge in [-0.05, 0) is 24.8 Å². The Morgan fingerprint density at radius 2 is 2.31 bits per heavy atom. The zero-order valence-corrected chi connectivity index (χ0v) is 7.65. The van der Waals surface area contributed by atoms with Crippen LogP contribution in [-0.2, 0) is 4.74 Å². The van der Waals surface area contributed by atoms with Crippen LogP contribution in [0.1, 0.15) is 19.3 Å². The minimum atomic E-state index is 0.380. The Hall–Kier alpha value is -0.820. The Labute approximate surface area is 78.8 Å². The predicted octanol–water partition coefficient (Wildman–Crippen LogP) is 2.61. The van der Waals surface area contributed by atoms with Crippen LogP contribution in [0.15, 0.2) is 36.0 Å². The first-order valence-electron chi connectivity index (χ1n) is 5.14. The number of hydrogen-bond acceptors (Lipinski definition) is 1. The molecule has 0 saturated carbocycles. The quantitative estimate of drug-likeness (QED) is 0.513. The summed E-state index contributed by atoms with van der Waals surface area (Å²) in [5.74, 6) is 0.681. The molecule has 0 spiro atoms.